The van der Waals surface area contributed by atoms with Crippen molar-refractivity contribution in [1.82, 2.24) is 4.31 Å². The molecule has 0 fully saturated rings. The summed E-state index contributed by atoms with van der Waals surface area (Å²) in [6.45, 7) is 0.340. The first-order valence-corrected chi connectivity index (χ1v) is 9.20. The van der Waals surface area contributed by atoms with Crippen LogP contribution in [0.5, 0.6) is 0 Å². The molecule has 0 amide bonds. The molecule has 130 valence electrons. The summed E-state index contributed by atoms with van der Waals surface area (Å²) in [7, 11) is -1.53. The molecule has 0 saturated heterocycles. The third kappa shape index (κ3) is 3.52. The number of nitrogens with zero attached hydrogens (tertiary/aromatic N) is 1. The lowest BCUT2D eigenvalue weighted by Crippen LogP contribution is -2.28. The average Bonchev–Trinajstić information content (AvgIpc) is 2.96. The summed E-state index contributed by atoms with van der Waals surface area (Å²) < 4.78 is 30.4. The van der Waals surface area contributed by atoms with Crippen LogP contribution in [0.1, 0.15) is 21.5 Å². The fourth-order valence-corrected chi connectivity index (χ4v) is 3.57. The SMILES string of the molecule is CN(C)S(=O)(=O)c1ccc(CC(=O)c2ccc3c(c2)B(O)OC3)cc1. The summed E-state index contributed by atoms with van der Waals surface area (Å²) in [5, 5.41) is 9.73. The third-order valence-corrected chi connectivity index (χ3v) is 6.03. The second kappa shape index (κ2) is 6.72. The Labute approximate surface area is 147 Å². The summed E-state index contributed by atoms with van der Waals surface area (Å²) in [6.07, 6.45) is 0.151. The van der Waals surface area contributed by atoms with Crippen LogP contribution in [0.3, 0.4) is 0 Å². The predicted octanol–water partition coefficient (Wildman–Crippen LogP) is 0.580. The molecule has 1 heterocycles. The van der Waals surface area contributed by atoms with Gasteiger partial charge in [0.1, 0.15) is 0 Å². The first-order chi connectivity index (χ1) is 11.8. The molecule has 0 radical (unpaired) electrons. The van der Waals surface area contributed by atoms with Crippen molar-refractivity contribution < 1.29 is 22.9 Å². The zero-order valence-electron chi connectivity index (χ0n) is 14.0. The van der Waals surface area contributed by atoms with Crippen LogP contribution in [-0.4, -0.2) is 44.7 Å². The van der Waals surface area contributed by atoms with Crippen molar-refractivity contribution in [2.24, 2.45) is 0 Å². The molecule has 0 atom stereocenters. The van der Waals surface area contributed by atoms with Gasteiger partial charge in [-0.2, -0.15) is 0 Å². The van der Waals surface area contributed by atoms with Crippen LogP contribution in [0.4, 0.5) is 0 Å². The van der Waals surface area contributed by atoms with Gasteiger partial charge in [-0.25, -0.2) is 12.7 Å². The van der Waals surface area contributed by atoms with Gasteiger partial charge < -0.3 is 9.68 Å². The Morgan fingerprint density at radius 2 is 1.88 bits per heavy atom. The smallest absolute Gasteiger partial charge is 0.423 e. The molecule has 8 heteroatoms. The van der Waals surface area contributed by atoms with E-state index in [-0.39, 0.29) is 17.1 Å². The van der Waals surface area contributed by atoms with Crippen LogP contribution in [0.2, 0.25) is 0 Å². The van der Waals surface area contributed by atoms with Crippen LogP contribution < -0.4 is 5.46 Å². The van der Waals surface area contributed by atoms with Crippen molar-refractivity contribution in [1.29, 1.82) is 0 Å². The maximum atomic E-state index is 12.5. The molecule has 0 saturated carbocycles. The fourth-order valence-electron chi connectivity index (χ4n) is 2.67. The number of sulfonamides is 1. The summed E-state index contributed by atoms with van der Waals surface area (Å²) in [4.78, 5) is 12.6. The number of ketones is 1. The van der Waals surface area contributed by atoms with Crippen LogP contribution >= 0.6 is 0 Å². The summed E-state index contributed by atoms with van der Waals surface area (Å²) in [5.41, 5.74) is 2.72. The zero-order valence-corrected chi connectivity index (χ0v) is 14.8. The molecule has 25 heavy (non-hydrogen) atoms. The van der Waals surface area contributed by atoms with Gasteiger partial charge >= 0.3 is 7.12 Å². The Morgan fingerprint density at radius 3 is 2.52 bits per heavy atom. The van der Waals surface area contributed by atoms with Crippen LogP contribution in [0.25, 0.3) is 0 Å². The minimum absolute atomic E-state index is 0.106. The molecule has 0 aliphatic carbocycles. The van der Waals surface area contributed by atoms with Gasteiger partial charge in [0.15, 0.2) is 5.78 Å². The Hall–Kier alpha value is -2.00. The van der Waals surface area contributed by atoms with E-state index in [1.165, 1.54) is 26.2 Å². The monoisotopic (exact) mass is 359 g/mol. The molecule has 0 bridgehead atoms. The second-order valence-corrected chi connectivity index (χ2v) is 8.26. The van der Waals surface area contributed by atoms with E-state index in [1.54, 1.807) is 30.3 Å². The lowest BCUT2D eigenvalue weighted by atomic mass is 9.78. The van der Waals surface area contributed by atoms with Gasteiger partial charge in [-0.15, -0.1) is 0 Å². The van der Waals surface area contributed by atoms with Crippen LogP contribution in [0, 0.1) is 0 Å². The molecule has 0 unspecified atom stereocenters. The van der Waals surface area contributed by atoms with Gasteiger partial charge in [-0.1, -0.05) is 30.3 Å². The molecule has 1 aliphatic rings. The van der Waals surface area contributed by atoms with Gasteiger partial charge in [0, 0.05) is 26.1 Å². The number of Topliss-reactive ketones (excluding diaryl/α,β-unsaturated/α-hetero) is 1. The maximum Gasteiger partial charge on any atom is 0.491 e. The Morgan fingerprint density at radius 1 is 1.20 bits per heavy atom. The molecule has 2 aromatic carbocycles. The van der Waals surface area contributed by atoms with Crippen molar-refractivity contribution in [2.45, 2.75) is 17.9 Å². The van der Waals surface area contributed by atoms with Crippen molar-refractivity contribution in [2.75, 3.05) is 14.1 Å². The molecule has 0 aromatic heterocycles. The van der Waals surface area contributed by atoms with E-state index in [1.807, 2.05) is 0 Å². The minimum Gasteiger partial charge on any atom is -0.423 e. The van der Waals surface area contributed by atoms with Gasteiger partial charge in [0.05, 0.1) is 11.5 Å². The van der Waals surface area contributed by atoms with Crippen molar-refractivity contribution in [3.8, 4) is 0 Å². The highest BCUT2D eigenvalue weighted by Gasteiger charge is 2.28. The predicted molar refractivity (Wildman–Crippen MR) is 94.2 cm³/mol. The molecular weight excluding hydrogens is 341 g/mol. The highest BCUT2D eigenvalue weighted by molar-refractivity contribution is 7.89. The number of hydrogen-bond acceptors (Lipinski definition) is 5. The standard InChI is InChI=1S/C17H18BNO5S/c1-19(2)25(22,23)15-7-3-12(4-8-15)9-17(20)13-5-6-14-11-24-18(21)16(14)10-13/h3-8,10,21H,9,11H2,1-2H3. The molecule has 6 nitrogen and oxygen atoms in total. The molecule has 3 rings (SSSR count). The largest absolute Gasteiger partial charge is 0.491 e. The number of rotatable bonds is 5. The lowest BCUT2D eigenvalue weighted by Gasteiger charge is -2.11. The average molecular weight is 359 g/mol. The summed E-state index contributed by atoms with van der Waals surface area (Å²) in [5.74, 6) is -0.106. The lowest BCUT2D eigenvalue weighted by molar-refractivity contribution is 0.0993. The maximum absolute atomic E-state index is 12.5. The first kappa shape index (κ1) is 17.8. The van der Waals surface area contributed by atoms with Crippen LogP contribution in [0.15, 0.2) is 47.4 Å². The van der Waals surface area contributed by atoms with E-state index in [0.29, 0.717) is 17.6 Å². The highest BCUT2D eigenvalue weighted by Crippen LogP contribution is 2.16. The molecule has 1 N–H and O–H groups in total. The van der Waals surface area contributed by atoms with E-state index in [0.717, 1.165) is 15.4 Å². The van der Waals surface area contributed by atoms with Gasteiger partial charge in [0.25, 0.3) is 0 Å². The first-order valence-electron chi connectivity index (χ1n) is 7.76. The number of carbonyl (C=O) groups excluding carboxylic acids is 1. The van der Waals surface area contributed by atoms with Crippen molar-refractivity contribution in [3.05, 3.63) is 59.2 Å². The van der Waals surface area contributed by atoms with E-state index in [2.05, 4.69) is 0 Å². The molecule has 0 spiro atoms. The zero-order chi connectivity index (χ0) is 18.2. The Balaban J connectivity index is 1.77. The van der Waals surface area contributed by atoms with Crippen molar-refractivity contribution >= 4 is 28.4 Å². The van der Waals surface area contributed by atoms with E-state index >= 15 is 0 Å². The summed E-state index contributed by atoms with van der Waals surface area (Å²) in [6, 6.07) is 11.4. The van der Waals surface area contributed by atoms with E-state index < -0.39 is 17.1 Å². The summed E-state index contributed by atoms with van der Waals surface area (Å²) >= 11 is 0. The Bertz CT molecular complexity index is 909. The fraction of sp³-hybridized carbons (Fsp3) is 0.235. The topological polar surface area (TPSA) is 83.9 Å². The molecule has 1 aliphatic heterocycles. The molecular formula is C17H18BNO5S. The van der Waals surface area contributed by atoms with Gasteiger partial charge in [-0.05, 0) is 28.7 Å². The van der Waals surface area contributed by atoms with E-state index in [4.69, 9.17) is 4.65 Å². The Kier molecular flexibility index (Phi) is 4.79. The molecule has 2 aromatic rings. The number of fused-ring (bicyclic) bond motifs is 1. The quantitative estimate of drug-likeness (QED) is 0.624. The highest BCUT2D eigenvalue weighted by atomic mass is 32.2. The van der Waals surface area contributed by atoms with Gasteiger partial charge in [-0.3, -0.25) is 4.79 Å². The number of benzene rings is 2. The second-order valence-electron chi connectivity index (χ2n) is 6.11. The van der Waals surface area contributed by atoms with Crippen LogP contribution in [-0.2, 0) is 27.7 Å². The van der Waals surface area contributed by atoms with E-state index in [9.17, 15) is 18.2 Å². The van der Waals surface area contributed by atoms with Gasteiger partial charge in [0.2, 0.25) is 10.0 Å². The number of hydrogen-bond donors (Lipinski definition) is 1. The third-order valence-electron chi connectivity index (χ3n) is 4.20. The van der Waals surface area contributed by atoms with Crippen molar-refractivity contribution in [3.63, 3.8) is 0 Å². The number of carbonyl (C=O) groups is 1. The normalized spacial score (nSPS) is 14.0. The minimum atomic E-state index is -3.48.